The number of nitrogens with zero attached hydrogens (tertiary/aromatic N) is 2. The summed E-state index contributed by atoms with van der Waals surface area (Å²) in [4.78, 5) is 30.1. The molecule has 0 spiro atoms. The molecule has 1 N–H and O–H groups in total. The second-order valence-electron chi connectivity index (χ2n) is 6.39. The molecule has 0 bridgehead atoms. The van der Waals surface area contributed by atoms with E-state index >= 15 is 0 Å². The molecule has 24 heavy (non-hydrogen) atoms. The van der Waals surface area contributed by atoms with Crippen molar-refractivity contribution in [3.8, 4) is 0 Å². The Kier molecular flexibility index (Phi) is 6.99. The highest BCUT2D eigenvalue weighted by atomic mass is 32.1. The van der Waals surface area contributed by atoms with Gasteiger partial charge in [-0.25, -0.2) is 0 Å². The van der Waals surface area contributed by atoms with E-state index in [1.54, 1.807) is 17.4 Å². The summed E-state index contributed by atoms with van der Waals surface area (Å²) in [7, 11) is 3.89. The number of carbonyl (C=O) groups is 2. The lowest BCUT2D eigenvalue weighted by molar-refractivity contribution is -0.136. The summed E-state index contributed by atoms with van der Waals surface area (Å²) in [5, 5.41) is 4.96. The van der Waals surface area contributed by atoms with Gasteiger partial charge in [0, 0.05) is 30.6 Å². The fourth-order valence-corrected chi connectivity index (χ4v) is 3.68. The van der Waals surface area contributed by atoms with Crippen molar-refractivity contribution in [1.29, 1.82) is 0 Å². The standard InChI is InChI=1S/C18H27N3O2S/c1-4-6-15(19-17(22)7-5-10-20(2)3)18(23)21-11-8-16-14(13-21)9-12-24-16/h5,7,9,12,15H,4,6,8,10-11,13H2,1-3H3,(H,19,22)/b7-5+. The highest BCUT2D eigenvalue weighted by Gasteiger charge is 2.27. The fourth-order valence-electron chi connectivity index (χ4n) is 2.79. The first-order valence-electron chi connectivity index (χ1n) is 8.47. The van der Waals surface area contributed by atoms with Gasteiger partial charge < -0.3 is 15.1 Å². The van der Waals surface area contributed by atoms with E-state index < -0.39 is 6.04 Å². The topological polar surface area (TPSA) is 52.7 Å². The lowest BCUT2D eigenvalue weighted by Gasteiger charge is -2.30. The van der Waals surface area contributed by atoms with Crippen molar-refractivity contribution in [2.24, 2.45) is 0 Å². The van der Waals surface area contributed by atoms with Gasteiger partial charge in [0.2, 0.25) is 11.8 Å². The van der Waals surface area contributed by atoms with E-state index in [9.17, 15) is 9.59 Å². The lowest BCUT2D eigenvalue weighted by Crippen LogP contribution is -2.49. The van der Waals surface area contributed by atoms with Crippen LogP contribution in [-0.2, 0) is 22.6 Å². The molecule has 0 saturated heterocycles. The highest BCUT2D eigenvalue weighted by Crippen LogP contribution is 2.24. The smallest absolute Gasteiger partial charge is 0.245 e. The molecule has 0 fully saturated rings. The second-order valence-corrected chi connectivity index (χ2v) is 7.39. The molecule has 2 rings (SSSR count). The first-order valence-corrected chi connectivity index (χ1v) is 9.35. The number of thiophene rings is 1. The summed E-state index contributed by atoms with van der Waals surface area (Å²) >= 11 is 1.76. The van der Waals surface area contributed by atoms with Gasteiger partial charge in [-0.15, -0.1) is 11.3 Å². The first-order chi connectivity index (χ1) is 11.5. The van der Waals surface area contributed by atoms with Gasteiger partial charge in [0.05, 0.1) is 0 Å². The molecule has 1 atom stereocenters. The van der Waals surface area contributed by atoms with Gasteiger partial charge >= 0.3 is 0 Å². The number of rotatable bonds is 7. The van der Waals surface area contributed by atoms with Crippen LogP contribution < -0.4 is 5.32 Å². The third-order valence-electron chi connectivity index (χ3n) is 4.05. The van der Waals surface area contributed by atoms with Crippen LogP contribution in [0.15, 0.2) is 23.6 Å². The van der Waals surface area contributed by atoms with Gasteiger partial charge in [-0.05, 0) is 43.9 Å². The van der Waals surface area contributed by atoms with Gasteiger partial charge in [-0.3, -0.25) is 9.59 Å². The van der Waals surface area contributed by atoms with Gasteiger partial charge in [0.15, 0.2) is 0 Å². The molecule has 0 saturated carbocycles. The summed E-state index contributed by atoms with van der Waals surface area (Å²) in [6, 6.07) is 1.66. The van der Waals surface area contributed by atoms with Crippen molar-refractivity contribution < 1.29 is 9.59 Å². The lowest BCUT2D eigenvalue weighted by atomic mass is 10.1. The highest BCUT2D eigenvalue weighted by molar-refractivity contribution is 7.10. The van der Waals surface area contributed by atoms with Crippen molar-refractivity contribution in [2.45, 2.75) is 38.8 Å². The number of hydrogen-bond donors (Lipinski definition) is 1. The van der Waals surface area contributed by atoms with E-state index in [0.29, 0.717) is 19.5 Å². The summed E-state index contributed by atoms with van der Waals surface area (Å²) in [5.41, 5.74) is 1.24. The number of nitrogens with one attached hydrogen (secondary N) is 1. The van der Waals surface area contributed by atoms with E-state index in [0.717, 1.165) is 19.4 Å². The van der Waals surface area contributed by atoms with E-state index in [-0.39, 0.29) is 11.8 Å². The maximum atomic E-state index is 12.8. The minimum absolute atomic E-state index is 0.0306. The van der Waals surface area contributed by atoms with Crippen LogP contribution in [0, 0.1) is 0 Å². The van der Waals surface area contributed by atoms with E-state index in [1.807, 2.05) is 30.8 Å². The summed E-state index contributed by atoms with van der Waals surface area (Å²) in [5.74, 6) is -0.167. The zero-order chi connectivity index (χ0) is 17.5. The number of likely N-dealkylation sites (N-methyl/N-ethyl adjacent to an activating group) is 1. The number of amides is 2. The molecule has 1 aliphatic heterocycles. The van der Waals surface area contributed by atoms with Crippen LogP contribution in [-0.4, -0.2) is 54.8 Å². The average Bonchev–Trinajstić information content (AvgIpc) is 3.01. The van der Waals surface area contributed by atoms with Crippen molar-refractivity contribution >= 4 is 23.2 Å². The third kappa shape index (κ3) is 5.18. The Morgan fingerprint density at radius 2 is 2.25 bits per heavy atom. The van der Waals surface area contributed by atoms with Crippen LogP contribution in [0.5, 0.6) is 0 Å². The molecule has 2 amide bonds. The SMILES string of the molecule is CCCC(NC(=O)/C=C/CN(C)C)C(=O)N1CCc2sccc2C1. The predicted octanol–water partition coefficient (Wildman–Crippen LogP) is 2.04. The molecule has 5 nitrogen and oxygen atoms in total. The Hall–Kier alpha value is -1.66. The Bertz CT molecular complexity index is 595. The van der Waals surface area contributed by atoms with Gasteiger partial charge in [-0.1, -0.05) is 19.4 Å². The number of carbonyl (C=O) groups excluding carboxylic acids is 2. The molecule has 1 aromatic heterocycles. The molecule has 1 aromatic rings. The quantitative estimate of drug-likeness (QED) is 0.767. The van der Waals surface area contributed by atoms with Gasteiger partial charge in [0.1, 0.15) is 6.04 Å². The molecule has 0 aliphatic carbocycles. The molecule has 0 radical (unpaired) electrons. The average molecular weight is 350 g/mol. The maximum Gasteiger partial charge on any atom is 0.245 e. The minimum Gasteiger partial charge on any atom is -0.341 e. The van der Waals surface area contributed by atoms with Crippen molar-refractivity contribution in [3.05, 3.63) is 34.0 Å². The van der Waals surface area contributed by atoms with E-state index in [2.05, 4.69) is 16.8 Å². The van der Waals surface area contributed by atoms with Crippen LogP contribution in [0.1, 0.15) is 30.2 Å². The van der Waals surface area contributed by atoms with Gasteiger partial charge in [-0.2, -0.15) is 0 Å². The maximum absolute atomic E-state index is 12.8. The largest absolute Gasteiger partial charge is 0.341 e. The van der Waals surface area contributed by atoms with Crippen molar-refractivity contribution in [1.82, 2.24) is 15.1 Å². The number of hydrogen-bond acceptors (Lipinski definition) is 4. The minimum atomic E-state index is -0.438. The van der Waals surface area contributed by atoms with Gasteiger partial charge in [0.25, 0.3) is 0 Å². The molecule has 1 aliphatic rings. The summed E-state index contributed by atoms with van der Waals surface area (Å²) in [6.07, 6.45) is 5.76. The fraction of sp³-hybridized carbons (Fsp3) is 0.556. The predicted molar refractivity (Wildman–Crippen MR) is 98.0 cm³/mol. The van der Waals surface area contributed by atoms with Crippen molar-refractivity contribution in [3.63, 3.8) is 0 Å². The van der Waals surface area contributed by atoms with E-state index in [1.165, 1.54) is 16.5 Å². The molecule has 6 heteroatoms. The summed E-state index contributed by atoms with van der Waals surface area (Å²) in [6.45, 7) is 4.12. The third-order valence-corrected chi connectivity index (χ3v) is 5.07. The molecule has 2 heterocycles. The Morgan fingerprint density at radius 1 is 1.46 bits per heavy atom. The van der Waals surface area contributed by atoms with Crippen LogP contribution in [0.25, 0.3) is 0 Å². The molecule has 1 unspecified atom stereocenters. The Balaban J connectivity index is 1.95. The van der Waals surface area contributed by atoms with Crippen molar-refractivity contribution in [2.75, 3.05) is 27.2 Å². The van der Waals surface area contributed by atoms with Crippen LogP contribution in [0.2, 0.25) is 0 Å². The normalized spacial score (nSPS) is 15.6. The molecule has 132 valence electrons. The molecule has 0 aromatic carbocycles. The molecular weight excluding hydrogens is 322 g/mol. The Morgan fingerprint density at radius 3 is 2.96 bits per heavy atom. The second kappa shape index (κ2) is 8.99. The van der Waals surface area contributed by atoms with Crippen LogP contribution in [0.4, 0.5) is 0 Å². The van der Waals surface area contributed by atoms with E-state index in [4.69, 9.17) is 0 Å². The zero-order valence-electron chi connectivity index (χ0n) is 14.7. The summed E-state index contributed by atoms with van der Waals surface area (Å²) < 4.78 is 0. The van der Waals surface area contributed by atoms with Crippen LogP contribution >= 0.6 is 11.3 Å². The van der Waals surface area contributed by atoms with Crippen LogP contribution in [0.3, 0.4) is 0 Å². The monoisotopic (exact) mass is 349 g/mol. The number of fused-ring (bicyclic) bond motifs is 1. The Labute approximate surface area is 148 Å². The first kappa shape index (κ1) is 18.7. The zero-order valence-corrected chi connectivity index (χ0v) is 15.6. The molecular formula is C18H27N3O2S.